The molecule has 0 spiro atoms. The maximum absolute atomic E-state index is 6.15. The molecule has 0 amide bonds. The molecule has 108 valence electrons. The maximum Gasteiger partial charge on any atom is 0.0907 e. The Hall–Kier alpha value is -2.52. The van der Waals surface area contributed by atoms with Gasteiger partial charge in [0, 0.05) is 27.2 Å². The summed E-state index contributed by atoms with van der Waals surface area (Å²) in [6, 6.07) is 16.0. The third-order valence-electron chi connectivity index (χ3n) is 3.77. The number of H-pyrrole nitrogens is 1. The van der Waals surface area contributed by atoms with Gasteiger partial charge in [-0.15, -0.1) is 0 Å². The lowest BCUT2D eigenvalue weighted by Crippen LogP contribution is -2.04. The van der Waals surface area contributed by atoms with Crippen molar-refractivity contribution in [1.82, 2.24) is 4.98 Å². The van der Waals surface area contributed by atoms with Crippen molar-refractivity contribution in [2.24, 2.45) is 4.99 Å². The summed E-state index contributed by atoms with van der Waals surface area (Å²) in [5.74, 6) is 0. The molecule has 3 nitrogen and oxygen atoms in total. The van der Waals surface area contributed by atoms with Gasteiger partial charge >= 0.3 is 0 Å². The van der Waals surface area contributed by atoms with E-state index in [1.54, 1.807) is 0 Å². The summed E-state index contributed by atoms with van der Waals surface area (Å²) in [4.78, 5) is 8.18. The fourth-order valence-electron chi connectivity index (χ4n) is 2.77. The van der Waals surface area contributed by atoms with Gasteiger partial charge in [-0.1, -0.05) is 48.5 Å². The molecule has 0 atom stereocenters. The van der Waals surface area contributed by atoms with Crippen LogP contribution in [0.15, 0.2) is 65.8 Å². The van der Waals surface area contributed by atoms with Gasteiger partial charge in [-0.3, -0.25) is 4.99 Å². The monoisotopic (exact) mass is 307 g/mol. The van der Waals surface area contributed by atoms with Crippen molar-refractivity contribution < 1.29 is 0 Å². The molecule has 0 unspecified atom stereocenters. The average molecular weight is 308 g/mol. The van der Waals surface area contributed by atoms with Crippen molar-refractivity contribution in [2.45, 2.75) is 0 Å². The fraction of sp³-hybridized carbons (Fsp3) is 0.0556. The van der Waals surface area contributed by atoms with Crippen LogP contribution >= 0.6 is 11.6 Å². The van der Waals surface area contributed by atoms with E-state index < -0.39 is 0 Å². The zero-order chi connectivity index (χ0) is 15.1. The van der Waals surface area contributed by atoms with Gasteiger partial charge in [0.2, 0.25) is 0 Å². The summed E-state index contributed by atoms with van der Waals surface area (Å²) in [6.07, 6.45) is 0. The van der Waals surface area contributed by atoms with Crippen LogP contribution in [0.4, 0.5) is 5.69 Å². The van der Waals surface area contributed by atoms with Gasteiger partial charge in [0.25, 0.3) is 0 Å². The molecule has 2 heterocycles. The number of nitrogens with one attached hydrogen (secondary N) is 2. The SMILES string of the molecule is C=C1CN=C(c2ccccc2)c2[nH]c3ccc(Cl)cc3c2N1. The summed E-state index contributed by atoms with van der Waals surface area (Å²) in [5, 5.41) is 5.14. The molecule has 3 aromatic rings. The lowest BCUT2D eigenvalue weighted by atomic mass is 10.1. The Balaban J connectivity index is 2.00. The number of aromatic nitrogens is 1. The fourth-order valence-corrected chi connectivity index (χ4v) is 2.95. The second-order valence-electron chi connectivity index (χ2n) is 5.32. The molecule has 4 rings (SSSR count). The molecule has 1 aliphatic heterocycles. The van der Waals surface area contributed by atoms with Gasteiger partial charge in [-0.05, 0) is 18.2 Å². The Morgan fingerprint density at radius 3 is 2.73 bits per heavy atom. The van der Waals surface area contributed by atoms with Crippen LogP contribution in [0.25, 0.3) is 10.9 Å². The molecule has 2 N–H and O–H groups in total. The normalized spacial score (nSPS) is 14.2. The van der Waals surface area contributed by atoms with Crippen molar-refractivity contribution >= 4 is 33.9 Å². The van der Waals surface area contributed by atoms with E-state index in [2.05, 4.69) is 29.0 Å². The first-order chi connectivity index (χ1) is 10.7. The van der Waals surface area contributed by atoms with E-state index in [9.17, 15) is 0 Å². The zero-order valence-electron chi connectivity index (χ0n) is 11.9. The van der Waals surface area contributed by atoms with Crippen LogP contribution in [0.2, 0.25) is 5.02 Å². The predicted molar refractivity (Wildman–Crippen MR) is 93.0 cm³/mol. The number of nitrogens with zero attached hydrogens (tertiary/aromatic N) is 1. The number of halogens is 1. The van der Waals surface area contributed by atoms with Crippen LogP contribution in [0.5, 0.6) is 0 Å². The molecule has 0 aliphatic carbocycles. The molecule has 4 heteroatoms. The molecule has 0 fully saturated rings. The van der Waals surface area contributed by atoms with Crippen molar-refractivity contribution in [1.29, 1.82) is 0 Å². The van der Waals surface area contributed by atoms with Gasteiger partial charge in [0.05, 0.1) is 23.6 Å². The summed E-state index contributed by atoms with van der Waals surface area (Å²) < 4.78 is 0. The number of hydrogen-bond acceptors (Lipinski definition) is 2. The smallest absolute Gasteiger partial charge is 0.0907 e. The maximum atomic E-state index is 6.15. The Bertz CT molecular complexity index is 907. The molecule has 2 aromatic carbocycles. The minimum absolute atomic E-state index is 0.550. The lowest BCUT2D eigenvalue weighted by molar-refractivity contribution is 1.16. The molecule has 0 saturated heterocycles. The van der Waals surface area contributed by atoms with Crippen LogP contribution in [-0.2, 0) is 0 Å². The number of benzene rings is 2. The highest BCUT2D eigenvalue weighted by Crippen LogP contribution is 2.33. The van der Waals surface area contributed by atoms with Gasteiger partial charge in [0.1, 0.15) is 0 Å². The van der Waals surface area contributed by atoms with Crippen molar-refractivity contribution in [3.8, 4) is 0 Å². The number of fused-ring (bicyclic) bond motifs is 3. The third kappa shape index (κ3) is 2.11. The number of rotatable bonds is 1. The third-order valence-corrected chi connectivity index (χ3v) is 4.01. The summed E-state index contributed by atoms with van der Waals surface area (Å²) in [6.45, 7) is 4.60. The minimum Gasteiger partial charge on any atom is -0.356 e. The summed E-state index contributed by atoms with van der Waals surface area (Å²) in [7, 11) is 0. The molecule has 0 radical (unpaired) electrons. The second kappa shape index (κ2) is 5.04. The topological polar surface area (TPSA) is 40.2 Å². The van der Waals surface area contributed by atoms with Gasteiger partial charge in [-0.25, -0.2) is 0 Å². The quantitative estimate of drug-likeness (QED) is 0.678. The van der Waals surface area contributed by atoms with Crippen LogP contribution < -0.4 is 5.32 Å². The summed E-state index contributed by atoms with van der Waals surface area (Å²) in [5.41, 5.74) is 5.88. The number of hydrogen-bond donors (Lipinski definition) is 2. The van der Waals surface area contributed by atoms with Crippen LogP contribution in [0.3, 0.4) is 0 Å². The Morgan fingerprint density at radius 1 is 1.09 bits per heavy atom. The molecule has 0 bridgehead atoms. The molecule has 22 heavy (non-hydrogen) atoms. The lowest BCUT2D eigenvalue weighted by Gasteiger charge is -2.06. The minimum atomic E-state index is 0.550. The molecular weight excluding hydrogens is 294 g/mol. The van der Waals surface area contributed by atoms with E-state index in [-0.39, 0.29) is 0 Å². The second-order valence-corrected chi connectivity index (χ2v) is 5.76. The number of anilines is 1. The largest absolute Gasteiger partial charge is 0.356 e. The van der Waals surface area contributed by atoms with E-state index in [0.29, 0.717) is 11.6 Å². The van der Waals surface area contributed by atoms with E-state index in [0.717, 1.165) is 39.3 Å². The highest BCUT2D eigenvalue weighted by molar-refractivity contribution is 6.31. The summed E-state index contributed by atoms with van der Waals surface area (Å²) >= 11 is 6.15. The van der Waals surface area contributed by atoms with Crippen molar-refractivity contribution in [3.63, 3.8) is 0 Å². The molecular formula is C18H14ClN3. The van der Waals surface area contributed by atoms with Crippen LogP contribution in [0.1, 0.15) is 11.3 Å². The molecule has 1 aromatic heterocycles. The van der Waals surface area contributed by atoms with Crippen LogP contribution in [0, 0.1) is 0 Å². The Labute approximate surface area is 133 Å². The predicted octanol–water partition coefficient (Wildman–Crippen LogP) is 4.60. The van der Waals surface area contributed by atoms with Crippen LogP contribution in [-0.4, -0.2) is 17.2 Å². The number of aliphatic imine (C=N–C) groups is 1. The standard InChI is InChI=1S/C18H14ClN3/c1-11-10-20-16(12-5-3-2-4-6-12)18-17(21-11)14-9-13(19)7-8-15(14)22-18/h2-9,21-22H,1,10H2. The van der Waals surface area contributed by atoms with E-state index in [4.69, 9.17) is 16.6 Å². The van der Waals surface area contributed by atoms with Gasteiger partial charge in [-0.2, -0.15) is 0 Å². The first-order valence-electron chi connectivity index (χ1n) is 7.08. The van der Waals surface area contributed by atoms with E-state index in [1.165, 1.54) is 0 Å². The average Bonchev–Trinajstić information content (AvgIpc) is 2.77. The van der Waals surface area contributed by atoms with E-state index >= 15 is 0 Å². The van der Waals surface area contributed by atoms with Gasteiger partial charge in [0.15, 0.2) is 0 Å². The highest BCUT2D eigenvalue weighted by Gasteiger charge is 2.20. The first-order valence-corrected chi connectivity index (χ1v) is 7.46. The molecule has 0 saturated carbocycles. The Morgan fingerprint density at radius 2 is 1.91 bits per heavy atom. The Kier molecular flexibility index (Phi) is 3.01. The van der Waals surface area contributed by atoms with Crippen molar-refractivity contribution in [2.75, 3.05) is 11.9 Å². The first kappa shape index (κ1) is 13.2. The van der Waals surface area contributed by atoms with Crippen molar-refractivity contribution in [3.05, 3.63) is 77.1 Å². The zero-order valence-corrected chi connectivity index (χ0v) is 12.6. The van der Waals surface area contributed by atoms with E-state index in [1.807, 2.05) is 36.4 Å². The number of aromatic amines is 1. The highest BCUT2D eigenvalue weighted by atomic mass is 35.5. The molecule has 1 aliphatic rings. The van der Waals surface area contributed by atoms with Gasteiger partial charge < -0.3 is 10.3 Å².